The Balaban J connectivity index is 3.57. The first-order chi connectivity index (χ1) is 5.31. The Kier molecular flexibility index (Phi) is 4.06. The molecule has 0 fully saturated rings. The lowest BCUT2D eigenvalue weighted by Crippen LogP contribution is -2.11. The summed E-state index contributed by atoms with van der Waals surface area (Å²) in [5.41, 5.74) is 0. The number of aliphatic carboxylic acids is 1. The molecule has 0 heterocycles. The normalized spacial score (nSPS) is 14.3. The standard InChI is InChI=1S/C7H11F3O2/c1-5(4-6(11)12)2-3-7(8,9)10/h5H,2-4H2,1H3,(H,11,12). The minimum Gasteiger partial charge on any atom is -0.481 e. The van der Waals surface area contributed by atoms with Gasteiger partial charge < -0.3 is 5.11 Å². The number of alkyl halides is 3. The van der Waals surface area contributed by atoms with Gasteiger partial charge in [-0.05, 0) is 12.3 Å². The first kappa shape index (κ1) is 11.3. The predicted octanol–water partition coefficient (Wildman–Crippen LogP) is 2.44. The van der Waals surface area contributed by atoms with Crippen molar-refractivity contribution in [1.29, 1.82) is 0 Å². The highest BCUT2D eigenvalue weighted by atomic mass is 19.4. The molecule has 0 spiro atoms. The molecule has 0 aliphatic carbocycles. The quantitative estimate of drug-likeness (QED) is 0.728. The zero-order valence-electron chi connectivity index (χ0n) is 6.69. The van der Waals surface area contributed by atoms with E-state index in [9.17, 15) is 18.0 Å². The van der Waals surface area contributed by atoms with Gasteiger partial charge in [-0.1, -0.05) is 6.92 Å². The topological polar surface area (TPSA) is 37.3 Å². The zero-order valence-corrected chi connectivity index (χ0v) is 6.69. The molecule has 0 rings (SSSR count). The molecule has 0 saturated carbocycles. The van der Waals surface area contributed by atoms with Crippen LogP contribution in [0.3, 0.4) is 0 Å². The lowest BCUT2D eigenvalue weighted by atomic mass is 10.0. The third kappa shape index (κ3) is 7.37. The molecule has 12 heavy (non-hydrogen) atoms. The second-order valence-corrected chi connectivity index (χ2v) is 2.86. The lowest BCUT2D eigenvalue weighted by Gasteiger charge is -2.10. The number of carbonyl (C=O) groups is 1. The van der Waals surface area contributed by atoms with Gasteiger partial charge in [-0.15, -0.1) is 0 Å². The van der Waals surface area contributed by atoms with Crippen LogP contribution in [0.2, 0.25) is 0 Å². The average Bonchev–Trinajstić information content (AvgIpc) is 1.80. The SMILES string of the molecule is CC(CCC(F)(F)F)CC(=O)O. The van der Waals surface area contributed by atoms with Crippen LogP contribution in [0.15, 0.2) is 0 Å². The monoisotopic (exact) mass is 184 g/mol. The van der Waals surface area contributed by atoms with Crippen molar-refractivity contribution in [2.45, 2.75) is 32.4 Å². The second-order valence-electron chi connectivity index (χ2n) is 2.86. The van der Waals surface area contributed by atoms with Gasteiger partial charge >= 0.3 is 12.1 Å². The fourth-order valence-electron chi connectivity index (χ4n) is 0.810. The van der Waals surface area contributed by atoms with Crippen molar-refractivity contribution in [3.05, 3.63) is 0 Å². The van der Waals surface area contributed by atoms with Crippen LogP contribution in [-0.4, -0.2) is 17.3 Å². The number of rotatable bonds is 4. The van der Waals surface area contributed by atoms with E-state index in [1.54, 1.807) is 0 Å². The molecular formula is C7H11F3O2. The van der Waals surface area contributed by atoms with Gasteiger partial charge in [0.2, 0.25) is 0 Å². The fourth-order valence-corrected chi connectivity index (χ4v) is 0.810. The number of carboxylic acid groups (broad SMARTS) is 1. The molecule has 0 aliphatic heterocycles. The first-order valence-electron chi connectivity index (χ1n) is 3.60. The molecule has 0 aromatic carbocycles. The van der Waals surface area contributed by atoms with E-state index in [1.165, 1.54) is 6.92 Å². The van der Waals surface area contributed by atoms with Crippen LogP contribution < -0.4 is 0 Å². The van der Waals surface area contributed by atoms with Crippen LogP contribution in [0.5, 0.6) is 0 Å². The van der Waals surface area contributed by atoms with Crippen LogP contribution in [-0.2, 0) is 4.79 Å². The highest BCUT2D eigenvalue weighted by Gasteiger charge is 2.27. The number of hydrogen-bond donors (Lipinski definition) is 1. The van der Waals surface area contributed by atoms with E-state index in [0.717, 1.165) is 0 Å². The molecule has 0 radical (unpaired) electrons. The molecule has 0 bridgehead atoms. The summed E-state index contributed by atoms with van der Waals surface area (Å²) >= 11 is 0. The van der Waals surface area contributed by atoms with E-state index in [4.69, 9.17) is 5.11 Å². The molecular weight excluding hydrogens is 173 g/mol. The zero-order chi connectivity index (χ0) is 9.78. The van der Waals surface area contributed by atoms with E-state index in [1.807, 2.05) is 0 Å². The van der Waals surface area contributed by atoms with E-state index in [0.29, 0.717) is 0 Å². The van der Waals surface area contributed by atoms with Gasteiger partial charge in [-0.25, -0.2) is 0 Å². The maximum atomic E-state index is 11.6. The van der Waals surface area contributed by atoms with Crippen molar-refractivity contribution < 1.29 is 23.1 Å². The Morgan fingerprint density at radius 1 is 1.50 bits per heavy atom. The molecule has 5 heteroatoms. The van der Waals surface area contributed by atoms with E-state index < -0.39 is 24.5 Å². The molecule has 2 nitrogen and oxygen atoms in total. The molecule has 0 aromatic rings. The minimum atomic E-state index is -4.17. The van der Waals surface area contributed by atoms with Gasteiger partial charge in [0, 0.05) is 12.8 Å². The molecule has 1 N–H and O–H groups in total. The van der Waals surface area contributed by atoms with Gasteiger partial charge in [-0.3, -0.25) is 4.79 Å². The van der Waals surface area contributed by atoms with Crippen LogP contribution in [0.4, 0.5) is 13.2 Å². The summed E-state index contributed by atoms with van der Waals surface area (Å²) in [6.45, 7) is 1.50. The summed E-state index contributed by atoms with van der Waals surface area (Å²) in [6.07, 6.45) is -5.39. The van der Waals surface area contributed by atoms with Crippen molar-refractivity contribution in [3.8, 4) is 0 Å². The van der Waals surface area contributed by atoms with Gasteiger partial charge in [0.1, 0.15) is 0 Å². The Morgan fingerprint density at radius 3 is 2.33 bits per heavy atom. The van der Waals surface area contributed by atoms with Crippen LogP contribution >= 0.6 is 0 Å². The van der Waals surface area contributed by atoms with E-state index in [-0.39, 0.29) is 12.8 Å². The first-order valence-corrected chi connectivity index (χ1v) is 3.60. The predicted molar refractivity (Wildman–Crippen MR) is 36.7 cm³/mol. The molecule has 0 amide bonds. The molecule has 72 valence electrons. The summed E-state index contributed by atoms with van der Waals surface area (Å²) < 4.78 is 34.8. The maximum absolute atomic E-state index is 11.6. The Hall–Kier alpha value is -0.740. The summed E-state index contributed by atoms with van der Waals surface area (Å²) in [5, 5.41) is 8.23. The minimum absolute atomic E-state index is 0.115. The van der Waals surface area contributed by atoms with Crippen molar-refractivity contribution >= 4 is 5.97 Å². The highest BCUT2D eigenvalue weighted by Crippen LogP contribution is 2.24. The van der Waals surface area contributed by atoms with E-state index in [2.05, 4.69) is 0 Å². The van der Waals surface area contributed by atoms with E-state index >= 15 is 0 Å². The van der Waals surface area contributed by atoms with Crippen LogP contribution in [0.1, 0.15) is 26.2 Å². The summed E-state index contributed by atoms with van der Waals surface area (Å²) in [6, 6.07) is 0. The third-order valence-corrected chi connectivity index (χ3v) is 1.44. The molecule has 1 atom stereocenters. The second kappa shape index (κ2) is 4.33. The molecule has 0 aliphatic rings. The highest BCUT2D eigenvalue weighted by molar-refractivity contribution is 5.66. The van der Waals surface area contributed by atoms with Crippen molar-refractivity contribution in [3.63, 3.8) is 0 Å². The van der Waals surface area contributed by atoms with Gasteiger partial charge in [-0.2, -0.15) is 13.2 Å². The number of halogens is 3. The average molecular weight is 184 g/mol. The largest absolute Gasteiger partial charge is 0.481 e. The van der Waals surface area contributed by atoms with Gasteiger partial charge in [0.25, 0.3) is 0 Å². The van der Waals surface area contributed by atoms with Crippen molar-refractivity contribution in [2.75, 3.05) is 0 Å². The molecule has 0 aromatic heterocycles. The Labute approximate surface area is 68.4 Å². The van der Waals surface area contributed by atoms with Crippen molar-refractivity contribution in [2.24, 2.45) is 5.92 Å². The molecule has 1 unspecified atom stereocenters. The van der Waals surface area contributed by atoms with Crippen LogP contribution in [0.25, 0.3) is 0 Å². The summed E-state index contributed by atoms with van der Waals surface area (Å²) in [4.78, 5) is 10.1. The van der Waals surface area contributed by atoms with Gasteiger partial charge in [0.05, 0.1) is 0 Å². The number of carboxylic acids is 1. The Bertz CT molecular complexity index is 153. The maximum Gasteiger partial charge on any atom is 0.389 e. The van der Waals surface area contributed by atoms with Crippen molar-refractivity contribution in [1.82, 2.24) is 0 Å². The molecule has 0 saturated heterocycles. The fraction of sp³-hybridized carbons (Fsp3) is 0.857. The Morgan fingerprint density at radius 2 is 2.00 bits per heavy atom. The summed E-state index contributed by atoms with van der Waals surface area (Å²) in [5.74, 6) is -1.46. The van der Waals surface area contributed by atoms with Gasteiger partial charge in [0.15, 0.2) is 0 Å². The number of hydrogen-bond acceptors (Lipinski definition) is 1. The summed E-state index contributed by atoms with van der Waals surface area (Å²) in [7, 11) is 0. The lowest BCUT2D eigenvalue weighted by molar-refractivity contribution is -0.143. The smallest absolute Gasteiger partial charge is 0.389 e. The third-order valence-electron chi connectivity index (χ3n) is 1.44. The van der Waals surface area contributed by atoms with Crippen LogP contribution in [0, 0.1) is 5.92 Å².